The van der Waals surface area contributed by atoms with Gasteiger partial charge in [-0.05, 0) is 64.9 Å². The van der Waals surface area contributed by atoms with E-state index in [4.69, 9.17) is 4.74 Å². The monoisotopic (exact) mass is 264 g/mol. The molecular weight excluding hydrogens is 236 g/mol. The molecule has 0 radical (unpaired) electrons. The molecule has 0 saturated heterocycles. The van der Waals surface area contributed by atoms with Gasteiger partial charge in [-0.3, -0.25) is 0 Å². The zero-order chi connectivity index (χ0) is 14.2. The van der Waals surface area contributed by atoms with Crippen LogP contribution in [0.3, 0.4) is 0 Å². The Labute approximate surface area is 117 Å². The Morgan fingerprint density at radius 2 is 1.89 bits per heavy atom. The number of rotatable bonds is 0. The minimum absolute atomic E-state index is 0.131. The number of hydrogen-bond acceptors (Lipinski definition) is 2. The summed E-state index contributed by atoms with van der Waals surface area (Å²) in [6.45, 7) is 10.9. The maximum absolute atomic E-state index is 10.3. The van der Waals surface area contributed by atoms with E-state index >= 15 is 0 Å². The lowest BCUT2D eigenvalue weighted by molar-refractivity contribution is -0.115. The van der Waals surface area contributed by atoms with Gasteiger partial charge >= 0.3 is 0 Å². The van der Waals surface area contributed by atoms with Crippen molar-refractivity contribution in [2.75, 3.05) is 0 Å². The van der Waals surface area contributed by atoms with Crippen LogP contribution in [-0.4, -0.2) is 16.8 Å². The minimum Gasteiger partial charge on any atom is -0.512 e. The van der Waals surface area contributed by atoms with E-state index in [9.17, 15) is 5.11 Å². The van der Waals surface area contributed by atoms with E-state index < -0.39 is 0 Å². The molecular formula is C17H28O2. The summed E-state index contributed by atoms with van der Waals surface area (Å²) in [5.74, 6) is 1.73. The van der Waals surface area contributed by atoms with Crippen molar-refractivity contribution in [1.82, 2.24) is 0 Å². The second kappa shape index (κ2) is 5.32. The third-order valence-corrected chi connectivity index (χ3v) is 4.96. The highest BCUT2D eigenvalue weighted by Gasteiger charge is 2.42. The molecule has 1 heterocycles. The maximum Gasteiger partial charge on any atom is 0.0914 e. The second-order valence-electron chi connectivity index (χ2n) is 6.95. The Hall–Kier alpha value is -0.760. The standard InChI is InChI=1S/C17H28O2/c1-11-6-8-15-14(10-11)13(3)16(18)9-7-12(2)19-17(15,4)5/h6,9,12-15,18H,7-8,10H2,1-5H3/b16-9+/t12?,13?,14-,15?/m0/s1. The second-order valence-corrected chi connectivity index (χ2v) is 6.95. The first-order chi connectivity index (χ1) is 8.81. The van der Waals surface area contributed by atoms with Gasteiger partial charge < -0.3 is 9.84 Å². The zero-order valence-electron chi connectivity index (χ0n) is 12.9. The summed E-state index contributed by atoms with van der Waals surface area (Å²) in [4.78, 5) is 0. The first-order valence-corrected chi connectivity index (χ1v) is 7.53. The van der Waals surface area contributed by atoms with Gasteiger partial charge in [0.15, 0.2) is 0 Å². The highest BCUT2D eigenvalue weighted by molar-refractivity contribution is 5.13. The molecule has 0 amide bonds. The molecule has 0 saturated carbocycles. The van der Waals surface area contributed by atoms with Gasteiger partial charge in [0.05, 0.1) is 17.5 Å². The maximum atomic E-state index is 10.3. The molecule has 19 heavy (non-hydrogen) atoms. The van der Waals surface area contributed by atoms with Gasteiger partial charge in [0.1, 0.15) is 0 Å². The highest BCUT2D eigenvalue weighted by Crippen LogP contribution is 2.45. The van der Waals surface area contributed by atoms with E-state index in [0.717, 1.165) is 19.3 Å². The van der Waals surface area contributed by atoms with Crippen LogP contribution in [-0.2, 0) is 4.74 Å². The number of hydrogen-bond donors (Lipinski definition) is 1. The average molecular weight is 264 g/mol. The first-order valence-electron chi connectivity index (χ1n) is 7.53. The fourth-order valence-electron chi connectivity index (χ4n) is 3.77. The fraction of sp³-hybridized carbons (Fsp3) is 0.765. The van der Waals surface area contributed by atoms with Crippen LogP contribution >= 0.6 is 0 Å². The smallest absolute Gasteiger partial charge is 0.0914 e. The van der Waals surface area contributed by atoms with Crippen molar-refractivity contribution in [3.05, 3.63) is 23.5 Å². The Morgan fingerprint density at radius 1 is 1.21 bits per heavy atom. The van der Waals surface area contributed by atoms with Gasteiger partial charge in [0.25, 0.3) is 0 Å². The van der Waals surface area contributed by atoms with Crippen LogP contribution in [0.5, 0.6) is 0 Å². The third-order valence-electron chi connectivity index (χ3n) is 4.96. The quantitative estimate of drug-likeness (QED) is 0.647. The molecule has 0 aromatic heterocycles. The van der Waals surface area contributed by atoms with Crippen LogP contribution < -0.4 is 0 Å². The summed E-state index contributed by atoms with van der Waals surface area (Å²) in [5, 5.41) is 10.3. The summed E-state index contributed by atoms with van der Waals surface area (Å²) in [6.07, 6.45) is 7.41. The largest absolute Gasteiger partial charge is 0.512 e. The van der Waals surface area contributed by atoms with Crippen LogP contribution in [0.2, 0.25) is 0 Å². The minimum atomic E-state index is -0.131. The Bertz CT molecular complexity index is 392. The topological polar surface area (TPSA) is 29.5 Å². The van der Waals surface area contributed by atoms with Gasteiger partial charge in [-0.15, -0.1) is 0 Å². The lowest BCUT2D eigenvalue weighted by atomic mass is 9.67. The van der Waals surface area contributed by atoms with Crippen molar-refractivity contribution in [2.45, 2.75) is 65.6 Å². The van der Waals surface area contributed by atoms with E-state index in [1.54, 1.807) is 0 Å². The van der Waals surface area contributed by atoms with Gasteiger partial charge in [0.2, 0.25) is 0 Å². The molecule has 0 bridgehead atoms. The molecule has 2 heteroatoms. The number of fused-ring (bicyclic) bond motifs is 1. The predicted octanol–water partition coefficient (Wildman–Crippen LogP) is 4.62. The molecule has 0 aromatic rings. The normalized spacial score (nSPS) is 41.9. The summed E-state index contributed by atoms with van der Waals surface area (Å²) < 4.78 is 6.28. The Kier molecular flexibility index (Phi) is 4.10. The van der Waals surface area contributed by atoms with Crippen molar-refractivity contribution < 1.29 is 9.84 Å². The molecule has 2 aliphatic rings. The van der Waals surface area contributed by atoms with Crippen LogP contribution in [0.1, 0.15) is 53.9 Å². The van der Waals surface area contributed by atoms with Crippen molar-refractivity contribution >= 4 is 0 Å². The van der Waals surface area contributed by atoms with Gasteiger partial charge in [-0.2, -0.15) is 0 Å². The third kappa shape index (κ3) is 3.05. The SMILES string of the molecule is CC1=CCC2[C@@H](C1)C(C)/C(O)=C\CC(C)OC2(C)C. The van der Waals surface area contributed by atoms with Gasteiger partial charge in [-0.1, -0.05) is 18.6 Å². The number of ether oxygens (including phenoxy) is 1. The van der Waals surface area contributed by atoms with Gasteiger partial charge in [-0.25, -0.2) is 0 Å². The molecule has 2 rings (SSSR count). The van der Waals surface area contributed by atoms with Crippen LogP contribution in [0.25, 0.3) is 0 Å². The lowest BCUT2D eigenvalue weighted by Crippen LogP contribution is -2.43. The fourth-order valence-corrected chi connectivity index (χ4v) is 3.77. The predicted molar refractivity (Wildman–Crippen MR) is 79.1 cm³/mol. The Balaban J connectivity index is 2.37. The molecule has 1 aliphatic carbocycles. The van der Waals surface area contributed by atoms with Crippen LogP contribution in [0, 0.1) is 17.8 Å². The van der Waals surface area contributed by atoms with Crippen LogP contribution in [0.15, 0.2) is 23.5 Å². The molecule has 108 valence electrons. The number of aliphatic hydroxyl groups excluding tert-OH is 1. The molecule has 1 aliphatic heterocycles. The van der Waals surface area contributed by atoms with E-state index in [0.29, 0.717) is 17.6 Å². The lowest BCUT2D eigenvalue weighted by Gasteiger charge is -2.44. The number of aliphatic hydroxyl groups is 1. The van der Waals surface area contributed by atoms with Crippen molar-refractivity contribution in [1.29, 1.82) is 0 Å². The van der Waals surface area contributed by atoms with E-state index in [-0.39, 0.29) is 17.6 Å². The summed E-state index contributed by atoms with van der Waals surface area (Å²) in [7, 11) is 0. The number of allylic oxidation sites excluding steroid dienone is 3. The van der Waals surface area contributed by atoms with E-state index in [1.165, 1.54) is 5.57 Å². The summed E-state index contributed by atoms with van der Waals surface area (Å²) >= 11 is 0. The summed E-state index contributed by atoms with van der Waals surface area (Å²) in [6, 6.07) is 0. The molecule has 3 unspecified atom stereocenters. The van der Waals surface area contributed by atoms with E-state index in [2.05, 4.69) is 40.7 Å². The molecule has 0 fully saturated rings. The summed E-state index contributed by atoms with van der Waals surface area (Å²) in [5.41, 5.74) is 1.32. The highest BCUT2D eigenvalue weighted by atomic mass is 16.5. The van der Waals surface area contributed by atoms with Crippen LogP contribution in [0.4, 0.5) is 0 Å². The van der Waals surface area contributed by atoms with Gasteiger partial charge in [0, 0.05) is 5.92 Å². The zero-order valence-corrected chi connectivity index (χ0v) is 12.9. The average Bonchev–Trinajstić information content (AvgIpc) is 2.35. The molecule has 0 aromatic carbocycles. The van der Waals surface area contributed by atoms with Crippen molar-refractivity contribution in [3.8, 4) is 0 Å². The first kappa shape index (κ1) is 14.6. The molecule has 4 atom stereocenters. The molecule has 1 N–H and O–H groups in total. The van der Waals surface area contributed by atoms with Crippen molar-refractivity contribution in [2.24, 2.45) is 17.8 Å². The van der Waals surface area contributed by atoms with Crippen molar-refractivity contribution in [3.63, 3.8) is 0 Å². The van der Waals surface area contributed by atoms with E-state index in [1.807, 2.05) is 6.08 Å². The molecule has 0 spiro atoms. The Morgan fingerprint density at radius 3 is 2.58 bits per heavy atom. The molecule has 2 nitrogen and oxygen atoms in total.